The van der Waals surface area contributed by atoms with Crippen molar-refractivity contribution >= 4 is 5.95 Å². The molecule has 0 spiro atoms. The van der Waals surface area contributed by atoms with Gasteiger partial charge in [-0.1, -0.05) is 0 Å². The number of aromatic nitrogens is 5. The molecular weight excluding hydrogens is 340 g/mol. The molecule has 0 unspecified atom stereocenters. The van der Waals surface area contributed by atoms with E-state index in [0.717, 1.165) is 30.3 Å². The molecule has 0 N–H and O–H groups in total. The van der Waals surface area contributed by atoms with Gasteiger partial charge in [-0.25, -0.2) is 14.6 Å². The maximum absolute atomic E-state index is 12.2. The van der Waals surface area contributed by atoms with Gasteiger partial charge >= 0.3 is 0 Å². The summed E-state index contributed by atoms with van der Waals surface area (Å²) in [7, 11) is 0. The van der Waals surface area contributed by atoms with E-state index in [2.05, 4.69) is 25.0 Å². The summed E-state index contributed by atoms with van der Waals surface area (Å²) >= 11 is 0. The van der Waals surface area contributed by atoms with Gasteiger partial charge in [0.15, 0.2) is 0 Å². The van der Waals surface area contributed by atoms with Gasteiger partial charge in [-0.2, -0.15) is 5.10 Å². The topological polar surface area (TPSA) is 76.8 Å². The van der Waals surface area contributed by atoms with E-state index in [-0.39, 0.29) is 5.56 Å². The summed E-state index contributed by atoms with van der Waals surface area (Å²) in [6, 6.07) is 7.13. The Hall–Kier alpha value is -3.09. The number of nitrogens with zero attached hydrogens (tertiary/aromatic N) is 6. The predicted molar refractivity (Wildman–Crippen MR) is 101 cm³/mol. The highest BCUT2D eigenvalue weighted by atomic mass is 16.1. The maximum Gasteiger partial charge on any atom is 0.266 e. The fourth-order valence-corrected chi connectivity index (χ4v) is 3.46. The zero-order valence-corrected chi connectivity index (χ0v) is 14.9. The maximum atomic E-state index is 12.2. The normalized spacial score (nSPS) is 17.0. The van der Waals surface area contributed by atoms with Crippen LogP contribution in [0.5, 0.6) is 0 Å². The van der Waals surface area contributed by atoms with Crippen LogP contribution in [0.25, 0.3) is 11.3 Å². The van der Waals surface area contributed by atoms with Crippen LogP contribution in [-0.4, -0.2) is 37.8 Å². The van der Waals surface area contributed by atoms with Gasteiger partial charge in [0.25, 0.3) is 5.56 Å². The molecule has 0 amide bonds. The minimum absolute atomic E-state index is 0.0777. The van der Waals surface area contributed by atoms with E-state index in [1.165, 1.54) is 18.4 Å². The van der Waals surface area contributed by atoms with Crippen LogP contribution in [0.15, 0.2) is 53.8 Å². The first-order chi connectivity index (χ1) is 13.3. The number of hydrogen-bond acceptors (Lipinski definition) is 6. The summed E-state index contributed by atoms with van der Waals surface area (Å²) in [5.74, 6) is 1.82. The summed E-state index contributed by atoms with van der Waals surface area (Å²) in [6.07, 6.45) is 9.91. The molecule has 27 heavy (non-hydrogen) atoms. The van der Waals surface area contributed by atoms with E-state index >= 15 is 0 Å². The Bertz CT molecular complexity index is 991. The molecule has 7 heteroatoms. The largest absolute Gasteiger partial charge is 0.340 e. The van der Waals surface area contributed by atoms with E-state index in [1.807, 2.05) is 24.5 Å². The highest BCUT2D eigenvalue weighted by Crippen LogP contribution is 2.39. The van der Waals surface area contributed by atoms with Crippen LogP contribution in [0.4, 0.5) is 5.95 Å². The van der Waals surface area contributed by atoms with Crippen molar-refractivity contribution in [3.05, 3.63) is 65.0 Å². The summed E-state index contributed by atoms with van der Waals surface area (Å²) in [4.78, 5) is 27.4. The second-order valence-corrected chi connectivity index (χ2v) is 7.34. The molecule has 7 nitrogen and oxygen atoms in total. The van der Waals surface area contributed by atoms with Crippen molar-refractivity contribution in [2.45, 2.75) is 25.3 Å². The van der Waals surface area contributed by atoms with Crippen LogP contribution in [0.3, 0.4) is 0 Å². The molecule has 0 atom stereocenters. The second kappa shape index (κ2) is 6.57. The predicted octanol–water partition coefficient (Wildman–Crippen LogP) is 2.11. The van der Waals surface area contributed by atoms with Gasteiger partial charge < -0.3 is 4.90 Å². The number of pyridine rings is 1. The van der Waals surface area contributed by atoms with Crippen molar-refractivity contribution in [1.82, 2.24) is 24.7 Å². The Labute approximate surface area is 156 Å². The lowest BCUT2D eigenvalue weighted by molar-refractivity contribution is 0.331. The van der Waals surface area contributed by atoms with Crippen LogP contribution in [0.1, 0.15) is 24.3 Å². The van der Waals surface area contributed by atoms with E-state index in [1.54, 1.807) is 29.2 Å². The molecule has 1 aliphatic carbocycles. The smallest absolute Gasteiger partial charge is 0.266 e. The van der Waals surface area contributed by atoms with Crippen LogP contribution in [-0.2, 0) is 6.54 Å². The molecule has 4 heterocycles. The first-order valence-corrected chi connectivity index (χ1v) is 9.32. The second-order valence-electron chi connectivity index (χ2n) is 7.34. The van der Waals surface area contributed by atoms with Gasteiger partial charge in [0.1, 0.15) is 0 Å². The van der Waals surface area contributed by atoms with Gasteiger partial charge in [-0.3, -0.25) is 9.78 Å². The van der Waals surface area contributed by atoms with Gasteiger partial charge in [-0.05, 0) is 42.5 Å². The quantitative estimate of drug-likeness (QED) is 0.694. The average Bonchev–Trinajstić information content (AvgIpc) is 3.52. The van der Waals surface area contributed by atoms with E-state index in [9.17, 15) is 4.79 Å². The fourth-order valence-electron chi connectivity index (χ4n) is 3.46. The average molecular weight is 360 g/mol. The summed E-state index contributed by atoms with van der Waals surface area (Å²) < 4.78 is 1.56. The lowest BCUT2D eigenvalue weighted by Gasteiger charge is -2.39. The number of anilines is 1. The third kappa shape index (κ3) is 3.32. The molecule has 2 fully saturated rings. The lowest BCUT2D eigenvalue weighted by atomic mass is 10.0. The van der Waals surface area contributed by atoms with Gasteiger partial charge in [0, 0.05) is 55.4 Å². The van der Waals surface area contributed by atoms with Gasteiger partial charge in [-0.15, -0.1) is 0 Å². The molecule has 5 rings (SSSR count). The number of rotatable bonds is 5. The van der Waals surface area contributed by atoms with Crippen molar-refractivity contribution in [2.75, 3.05) is 18.0 Å². The Morgan fingerprint density at radius 2 is 1.85 bits per heavy atom. The molecule has 136 valence electrons. The minimum atomic E-state index is -0.0777. The fraction of sp³-hybridized carbons (Fsp3) is 0.350. The van der Waals surface area contributed by atoms with E-state index in [0.29, 0.717) is 18.4 Å². The molecule has 0 bridgehead atoms. The van der Waals surface area contributed by atoms with Gasteiger partial charge in [0.05, 0.1) is 12.2 Å². The molecular formula is C20H20N6O. The Morgan fingerprint density at radius 3 is 2.56 bits per heavy atom. The Morgan fingerprint density at radius 1 is 1.04 bits per heavy atom. The molecule has 1 saturated heterocycles. The first kappa shape index (κ1) is 16.1. The van der Waals surface area contributed by atoms with Crippen LogP contribution < -0.4 is 10.5 Å². The van der Waals surface area contributed by atoms with Gasteiger partial charge in [0.2, 0.25) is 5.95 Å². The molecule has 0 aromatic carbocycles. The molecule has 3 aromatic rings. The Balaban J connectivity index is 1.25. The molecule has 2 aliphatic rings. The lowest BCUT2D eigenvalue weighted by Crippen LogP contribution is -2.50. The zero-order chi connectivity index (χ0) is 18.2. The molecule has 3 aromatic heterocycles. The zero-order valence-electron chi connectivity index (χ0n) is 14.9. The highest BCUT2D eigenvalue weighted by Gasteiger charge is 2.30. The molecule has 1 aliphatic heterocycles. The van der Waals surface area contributed by atoms with Crippen LogP contribution in [0.2, 0.25) is 0 Å². The van der Waals surface area contributed by atoms with Crippen molar-refractivity contribution in [1.29, 1.82) is 0 Å². The van der Waals surface area contributed by atoms with Crippen molar-refractivity contribution in [3.8, 4) is 11.3 Å². The van der Waals surface area contributed by atoms with Crippen LogP contribution >= 0.6 is 0 Å². The summed E-state index contributed by atoms with van der Waals surface area (Å²) in [5.41, 5.74) is 2.84. The molecule has 0 radical (unpaired) electrons. The first-order valence-electron chi connectivity index (χ1n) is 9.32. The van der Waals surface area contributed by atoms with Crippen molar-refractivity contribution < 1.29 is 0 Å². The molecule has 1 saturated carbocycles. The van der Waals surface area contributed by atoms with E-state index in [4.69, 9.17) is 0 Å². The third-order valence-electron chi connectivity index (χ3n) is 5.20. The van der Waals surface area contributed by atoms with E-state index < -0.39 is 0 Å². The number of hydrogen-bond donors (Lipinski definition) is 0. The third-order valence-corrected chi connectivity index (χ3v) is 5.20. The standard InChI is InChI=1S/C20H20N6O/c27-19-6-5-18(16-2-1-7-21-8-16)24-26(19)13-14-11-25(12-14)20-22-9-17(10-23-20)15-3-4-15/h1-2,5-10,14-15H,3-4,11-13H2. The monoisotopic (exact) mass is 360 g/mol. The SMILES string of the molecule is O=c1ccc(-c2cccnc2)nn1CC1CN(c2ncc(C3CC3)cn2)C1. The van der Waals surface area contributed by atoms with Crippen molar-refractivity contribution in [2.24, 2.45) is 5.92 Å². The summed E-state index contributed by atoms with van der Waals surface area (Å²) in [5, 5.41) is 4.51. The van der Waals surface area contributed by atoms with Crippen LogP contribution in [0, 0.1) is 5.92 Å². The van der Waals surface area contributed by atoms with Crippen molar-refractivity contribution in [3.63, 3.8) is 0 Å². The summed E-state index contributed by atoms with van der Waals surface area (Å²) in [6.45, 7) is 2.28. The minimum Gasteiger partial charge on any atom is -0.340 e. The Kier molecular flexibility index (Phi) is 3.92. The highest BCUT2D eigenvalue weighted by molar-refractivity contribution is 5.56.